The molecule has 1 fully saturated rings. The molecule has 1 saturated heterocycles. The maximum absolute atomic E-state index is 6.08. The van der Waals surface area contributed by atoms with Crippen LogP contribution in [0, 0.1) is 5.92 Å². The molecule has 1 heterocycles. The monoisotopic (exact) mass is 373 g/mol. The molecule has 2 N–H and O–H groups in total. The molecule has 3 nitrogen and oxygen atoms in total. The van der Waals surface area contributed by atoms with Crippen molar-refractivity contribution in [1.29, 1.82) is 0 Å². The van der Waals surface area contributed by atoms with Gasteiger partial charge in [-0.3, -0.25) is 4.90 Å². The van der Waals surface area contributed by atoms with Gasteiger partial charge in [0.05, 0.1) is 5.02 Å². The third-order valence-corrected chi connectivity index (χ3v) is 5.24. The first-order valence-electron chi connectivity index (χ1n) is 7.62. The van der Waals surface area contributed by atoms with Crippen LogP contribution in [-0.2, 0) is 0 Å². The fourth-order valence-electron chi connectivity index (χ4n) is 2.99. The molecule has 0 bridgehead atoms. The van der Waals surface area contributed by atoms with Crippen LogP contribution >= 0.6 is 27.5 Å². The minimum Gasteiger partial charge on any atom is -0.329 e. The van der Waals surface area contributed by atoms with Crippen LogP contribution in [0.1, 0.15) is 25.5 Å². The van der Waals surface area contributed by atoms with Crippen molar-refractivity contribution in [1.82, 2.24) is 9.80 Å². The number of nitrogens with two attached hydrogens (primary N) is 1. The van der Waals surface area contributed by atoms with Gasteiger partial charge in [0, 0.05) is 49.8 Å². The zero-order valence-corrected chi connectivity index (χ0v) is 15.2. The van der Waals surface area contributed by atoms with E-state index in [1.807, 2.05) is 6.07 Å². The predicted octanol–water partition coefficient (Wildman–Crippen LogP) is 3.38. The Morgan fingerprint density at radius 3 is 2.43 bits per heavy atom. The Labute approximate surface area is 141 Å². The van der Waals surface area contributed by atoms with Crippen LogP contribution in [0.4, 0.5) is 0 Å². The summed E-state index contributed by atoms with van der Waals surface area (Å²) in [4.78, 5) is 5.04. The lowest BCUT2D eigenvalue weighted by atomic mass is 10.0. The van der Waals surface area contributed by atoms with Gasteiger partial charge in [-0.1, -0.05) is 31.5 Å². The first-order chi connectivity index (χ1) is 10.0. The van der Waals surface area contributed by atoms with Crippen LogP contribution in [0.5, 0.6) is 0 Å². The normalized spacial score (nSPS) is 19.1. The van der Waals surface area contributed by atoms with E-state index in [9.17, 15) is 0 Å². The Morgan fingerprint density at radius 1 is 1.24 bits per heavy atom. The summed E-state index contributed by atoms with van der Waals surface area (Å²) in [6.45, 7) is 10.8. The molecule has 0 saturated carbocycles. The fourth-order valence-corrected chi connectivity index (χ4v) is 3.50. The summed E-state index contributed by atoms with van der Waals surface area (Å²) in [6, 6.07) is 6.41. The van der Waals surface area contributed by atoms with Crippen molar-refractivity contribution >= 4 is 27.5 Å². The lowest BCUT2D eigenvalue weighted by Crippen LogP contribution is -2.49. The second-order valence-corrected chi connectivity index (χ2v) is 7.42. The first-order valence-corrected chi connectivity index (χ1v) is 8.79. The lowest BCUT2D eigenvalue weighted by Gasteiger charge is -2.39. The number of halogens is 2. The summed E-state index contributed by atoms with van der Waals surface area (Å²) in [5, 5.41) is 0.747. The summed E-state index contributed by atoms with van der Waals surface area (Å²) in [6.07, 6.45) is 0. The summed E-state index contributed by atoms with van der Waals surface area (Å²) in [5.74, 6) is 0.731. The van der Waals surface area contributed by atoms with Gasteiger partial charge in [0.15, 0.2) is 0 Å². The maximum atomic E-state index is 6.08. The highest BCUT2D eigenvalue weighted by Crippen LogP contribution is 2.28. The van der Waals surface area contributed by atoms with Gasteiger partial charge in [-0.25, -0.2) is 0 Å². The quantitative estimate of drug-likeness (QED) is 0.857. The minimum atomic E-state index is 0.278. The van der Waals surface area contributed by atoms with Gasteiger partial charge in [0.2, 0.25) is 0 Å². The molecule has 0 spiro atoms. The number of benzene rings is 1. The Kier molecular flexibility index (Phi) is 6.51. The van der Waals surface area contributed by atoms with Crippen LogP contribution in [0.25, 0.3) is 0 Å². The molecular formula is C16H25BrClN3. The highest BCUT2D eigenvalue weighted by molar-refractivity contribution is 9.10. The van der Waals surface area contributed by atoms with Gasteiger partial charge in [-0.05, 0) is 39.5 Å². The third kappa shape index (κ3) is 4.67. The van der Waals surface area contributed by atoms with E-state index in [4.69, 9.17) is 17.3 Å². The van der Waals surface area contributed by atoms with E-state index in [2.05, 4.69) is 51.7 Å². The number of hydrogen-bond acceptors (Lipinski definition) is 3. The average molecular weight is 375 g/mol. The van der Waals surface area contributed by atoms with E-state index in [0.29, 0.717) is 6.54 Å². The molecule has 1 aliphatic rings. The van der Waals surface area contributed by atoms with Gasteiger partial charge >= 0.3 is 0 Å². The molecule has 1 atom stereocenters. The molecule has 0 amide bonds. The van der Waals surface area contributed by atoms with Crippen molar-refractivity contribution in [3.8, 4) is 0 Å². The van der Waals surface area contributed by atoms with Crippen molar-refractivity contribution in [2.45, 2.75) is 19.9 Å². The standard InChI is InChI=1S/C16H25BrClN3/c1-12(2)11-20-5-7-21(8-6-20)16(10-19)13-3-4-15(18)14(17)9-13/h3-4,9,12,16H,5-8,10-11,19H2,1-2H3. The zero-order chi connectivity index (χ0) is 15.4. The van der Waals surface area contributed by atoms with Gasteiger partial charge in [-0.2, -0.15) is 0 Å². The molecule has 1 aliphatic heterocycles. The van der Waals surface area contributed by atoms with E-state index in [1.54, 1.807) is 0 Å². The Balaban J connectivity index is 2.00. The van der Waals surface area contributed by atoms with Crippen molar-refractivity contribution in [2.24, 2.45) is 11.7 Å². The molecule has 1 aromatic rings. The Morgan fingerprint density at radius 2 is 1.90 bits per heavy atom. The molecule has 2 rings (SSSR count). The van der Waals surface area contributed by atoms with E-state index < -0.39 is 0 Å². The Hall–Kier alpha value is -0.130. The van der Waals surface area contributed by atoms with E-state index in [1.165, 1.54) is 12.1 Å². The average Bonchev–Trinajstić information content (AvgIpc) is 2.45. The molecule has 21 heavy (non-hydrogen) atoms. The van der Waals surface area contributed by atoms with Gasteiger partial charge in [0.25, 0.3) is 0 Å². The summed E-state index contributed by atoms with van der Waals surface area (Å²) < 4.78 is 0.943. The molecule has 5 heteroatoms. The van der Waals surface area contributed by atoms with Crippen molar-refractivity contribution in [3.05, 3.63) is 33.3 Å². The van der Waals surface area contributed by atoms with Crippen LogP contribution < -0.4 is 5.73 Å². The first kappa shape index (κ1) is 17.2. The number of nitrogens with zero attached hydrogens (tertiary/aromatic N) is 2. The molecule has 0 aliphatic carbocycles. The number of hydrogen-bond donors (Lipinski definition) is 1. The molecule has 0 aromatic heterocycles. The SMILES string of the molecule is CC(C)CN1CCN(C(CN)c2ccc(Cl)c(Br)c2)CC1. The fraction of sp³-hybridized carbons (Fsp3) is 0.625. The van der Waals surface area contributed by atoms with Crippen LogP contribution in [-0.4, -0.2) is 49.1 Å². The van der Waals surface area contributed by atoms with E-state index in [0.717, 1.165) is 41.6 Å². The summed E-state index contributed by atoms with van der Waals surface area (Å²) >= 11 is 9.59. The maximum Gasteiger partial charge on any atom is 0.0548 e. The van der Waals surface area contributed by atoms with Gasteiger partial charge < -0.3 is 10.6 Å². The summed E-state index contributed by atoms with van der Waals surface area (Å²) in [7, 11) is 0. The highest BCUT2D eigenvalue weighted by Gasteiger charge is 2.24. The molecule has 1 unspecified atom stereocenters. The minimum absolute atomic E-state index is 0.278. The molecule has 118 valence electrons. The Bertz CT molecular complexity index is 459. The zero-order valence-electron chi connectivity index (χ0n) is 12.9. The highest BCUT2D eigenvalue weighted by atomic mass is 79.9. The van der Waals surface area contributed by atoms with Crippen LogP contribution in [0.3, 0.4) is 0 Å². The lowest BCUT2D eigenvalue weighted by molar-refractivity contribution is 0.0912. The van der Waals surface area contributed by atoms with E-state index in [-0.39, 0.29) is 6.04 Å². The molecular weight excluding hydrogens is 350 g/mol. The predicted molar refractivity (Wildman–Crippen MR) is 93.8 cm³/mol. The van der Waals surface area contributed by atoms with Crippen molar-refractivity contribution in [2.75, 3.05) is 39.3 Å². The van der Waals surface area contributed by atoms with Gasteiger partial charge in [0.1, 0.15) is 0 Å². The smallest absolute Gasteiger partial charge is 0.0548 e. The second kappa shape index (κ2) is 7.93. The molecule has 1 aromatic carbocycles. The summed E-state index contributed by atoms with van der Waals surface area (Å²) in [5.41, 5.74) is 7.28. The topological polar surface area (TPSA) is 32.5 Å². The van der Waals surface area contributed by atoms with Crippen molar-refractivity contribution < 1.29 is 0 Å². The third-order valence-electron chi connectivity index (χ3n) is 4.02. The van der Waals surface area contributed by atoms with E-state index >= 15 is 0 Å². The van der Waals surface area contributed by atoms with Crippen LogP contribution in [0.2, 0.25) is 5.02 Å². The second-order valence-electron chi connectivity index (χ2n) is 6.16. The number of piperazine rings is 1. The largest absolute Gasteiger partial charge is 0.329 e. The van der Waals surface area contributed by atoms with Crippen molar-refractivity contribution in [3.63, 3.8) is 0 Å². The van der Waals surface area contributed by atoms with Crippen LogP contribution in [0.15, 0.2) is 22.7 Å². The molecule has 0 radical (unpaired) electrons. The number of rotatable bonds is 5. The van der Waals surface area contributed by atoms with Gasteiger partial charge in [-0.15, -0.1) is 0 Å².